The molecule has 1 atom stereocenters. The number of carbonyl (C=O) groups excluding carboxylic acids is 1. The van der Waals surface area contributed by atoms with Crippen LogP contribution in [0.1, 0.15) is 30.4 Å². The van der Waals surface area contributed by atoms with Crippen molar-refractivity contribution in [2.75, 3.05) is 4.90 Å². The zero-order chi connectivity index (χ0) is 16.8. The Balaban J connectivity index is 1.97. The summed E-state index contributed by atoms with van der Waals surface area (Å²) in [6.45, 7) is 5.89. The molecule has 0 aliphatic heterocycles. The summed E-state index contributed by atoms with van der Waals surface area (Å²) in [5.74, 6) is 0.619. The SMILES string of the molecule is Cc1noc(C)c1CN(C(=O)[C@]1(C)CC1(Cl)Cl)c1ccccc1. The fourth-order valence-corrected chi connectivity index (χ4v) is 3.40. The molecule has 1 aliphatic rings. The third-order valence-electron chi connectivity index (χ3n) is 4.54. The van der Waals surface area contributed by atoms with Crippen LogP contribution in [0.25, 0.3) is 0 Å². The zero-order valence-electron chi connectivity index (χ0n) is 13.3. The van der Waals surface area contributed by atoms with Crippen LogP contribution >= 0.6 is 23.2 Å². The van der Waals surface area contributed by atoms with Crippen molar-refractivity contribution in [2.24, 2.45) is 5.41 Å². The Hall–Kier alpha value is -1.52. The molecule has 0 saturated heterocycles. The van der Waals surface area contributed by atoms with Crippen molar-refractivity contribution in [3.8, 4) is 0 Å². The summed E-state index contributed by atoms with van der Waals surface area (Å²) in [6.07, 6.45) is 0.451. The Morgan fingerprint density at radius 1 is 1.30 bits per heavy atom. The van der Waals surface area contributed by atoms with Crippen LogP contribution in [0.15, 0.2) is 34.9 Å². The molecule has 6 heteroatoms. The number of aryl methyl sites for hydroxylation is 2. The molecule has 0 N–H and O–H groups in total. The maximum Gasteiger partial charge on any atom is 0.236 e. The average Bonchev–Trinajstić information content (AvgIpc) is 2.89. The number of amides is 1. The minimum absolute atomic E-state index is 0.0892. The Bertz CT molecular complexity index is 723. The van der Waals surface area contributed by atoms with Crippen LogP contribution in [0.2, 0.25) is 0 Å². The zero-order valence-corrected chi connectivity index (χ0v) is 14.8. The number of para-hydroxylation sites is 1. The summed E-state index contributed by atoms with van der Waals surface area (Å²) in [7, 11) is 0. The van der Waals surface area contributed by atoms with Gasteiger partial charge in [-0.05, 0) is 39.3 Å². The molecule has 2 aromatic rings. The van der Waals surface area contributed by atoms with Crippen LogP contribution in [0.5, 0.6) is 0 Å². The number of anilines is 1. The first-order valence-electron chi connectivity index (χ1n) is 7.43. The second-order valence-electron chi connectivity index (χ2n) is 6.24. The van der Waals surface area contributed by atoms with Crippen molar-refractivity contribution < 1.29 is 9.32 Å². The average molecular weight is 353 g/mol. The van der Waals surface area contributed by atoms with Gasteiger partial charge >= 0.3 is 0 Å². The van der Waals surface area contributed by atoms with Gasteiger partial charge in [-0.1, -0.05) is 23.4 Å². The number of nitrogens with zero attached hydrogens (tertiary/aromatic N) is 2. The molecule has 0 radical (unpaired) electrons. The Morgan fingerprint density at radius 2 is 1.91 bits per heavy atom. The second-order valence-corrected chi connectivity index (χ2v) is 7.73. The van der Waals surface area contributed by atoms with Crippen molar-refractivity contribution in [1.82, 2.24) is 5.16 Å². The second kappa shape index (κ2) is 5.53. The molecular weight excluding hydrogens is 335 g/mol. The van der Waals surface area contributed by atoms with Gasteiger partial charge in [-0.2, -0.15) is 0 Å². The van der Waals surface area contributed by atoms with E-state index in [9.17, 15) is 4.79 Å². The van der Waals surface area contributed by atoms with E-state index in [1.54, 1.807) is 11.8 Å². The van der Waals surface area contributed by atoms with E-state index >= 15 is 0 Å². The molecular formula is C17H18Cl2N2O2. The monoisotopic (exact) mass is 352 g/mol. The van der Waals surface area contributed by atoms with Gasteiger partial charge in [0.2, 0.25) is 5.91 Å². The van der Waals surface area contributed by atoms with Gasteiger partial charge in [0.25, 0.3) is 0 Å². The maximum absolute atomic E-state index is 13.1. The van der Waals surface area contributed by atoms with Gasteiger partial charge in [0.15, 0.2) is 0 Å². The molecule has 1 heterocycles. The first-order chi connectivity index (χ1) is 10.8. The summed E-state index contributed by atoms with van der Waals surface area (Å²) >= 11 is 12.4. The lowest BCUT2D eigenvalue weighted by Crippen LogP contribution is -2.38. The number of benzene rings is 1. The Kier molecular flexibility index (Phi) is 3.93. The van der Waals surface area contributed by atoms with Crippen LogP contribution in [0.4, 0.5) is 5.69 Å². The van der Waals surface area contributed by atoms with Gasteiger partial charge in [0.1, 0.15) is 10.1 Å². The van der Waals surface area contributed by atoms with Crippen molar-refractivity contribution in [2.45, 2.75) is 38.1 Å². The first kappa shape index (κ1) is 16.3. The highest BCUT2D eigenvalue weighted by molar-refractivity contribution is 6.53. The molecule has 1 aromatic heterocycles. The van der Waals surface area contributed by atoms with E-state index in [-0.39, 0.29) is 5.91 Å². The fraction of sp³-hybridized carbons (Fsp3) is 0.412. The van der Waals surface area contributed by atoms with Crippen LogP contribution in [0.3, 0.4) is 0 Å². The van der Waals surface area contributed by atoms with Gasteiger partial charge in [0, 0.05) is 11.3 Å². The summed E-state index contributed by atoms with van der Waals surface area (Å²) in [5, 5.41) is 3.96. The molecule has 0 bridgehead atoms. The van der Waals surface area contributed by atoms with Crippen molar-refractivity contribution in [3.63, 3.8) is 0 Å². The highest BCUT2D eigenvalue weighted by Gasteiger charge is 2.68. The quantitative estimate of drug-likeness (QED) is 0.765. The van der Waals surface area contributed by atoms with Crippen LogP contribution in [-0.2, 0) is 11.3 Å². The lowest BCUT2D eigenvalue weighted by molar-refractivity contribution is -0.123. The first-order valence-corrected chi connectivity index (χ1v) is 8.18. The molecule has 23 heavy (non-hydrogen) atoms. The van der Waals surface area contributed by atoms with Gasteiger partial charge in [0.05, 0.1) is 17.7 Å². The van der Waals surface area contributed by atoms with Crippen molar-refractivity contribution in [1.29, 1.82) is 0 Å². The van der Waals surface area contributed by atoms with Crippen LogP contribution in [0, 0.1) is 19.3 Å². The molecule has 1 aliphatic carbocycles. The van der Waals surface area contributed by atoms with Crippen LogP contribution in [-0.4, -0.2) is 15.4 Å². The third-order valence-corrected chi connectivity index (χ3v) is 5.64. The number of halogens is 2. The molecule has 1 saturated carbocycles. The highest BCUT2D eigenvalue weighted by atomic mass is 35.5. The molecule has 122 valence electrons. The fourth-order valence-electron chi connectivity index (χ4n) is 2.70. The molecule has 4 nitrogen and oxygen atoms in total. The smallest absolute Gasteiger partial charge is 0.236 e. The number of rotatable bonds is 4. The van der Waals surface area contributed by atoms with E-state index in [1.165, 1.54) is 0 Å². The molecule has 3 rings (SSSR count). The van der Waals surface area contributed by atoms with E-state index in [0.717, 1.165) is 16.9 Å². The minimum atomic E-state index is -1.00. The summed E-state index contributed by atoms with van der Waals surface area (Å²) < 4.78 is 4.21. The van der Waals surface area contributed by atoms with E-state index in [0.29, 0.717) is 18.7 Å². The number of aromatic nitrogens is 1. The normalized spacial score (nSPS) is 22.0. The molecule has 1 aromatic carbocycles. The van der Waals surface area contributed by atoms with E-state index in [1.807, 2.05) is 44.2 Å². The predicted molar refractivity (Wildman–Crippen MR) is 90.8 cm³/mol. The predicted octanol–water partition coefficient (Wildman–Crippen LogP) is 4.41. The largest absolute Gasteiger partial charge is 0.361 e. The van der Waals surface area contributed by atoms with Gasteiger partial charge in [-0.3, -0.25) is 4.79 Å². The maximum atomic E-state index is 13.1. The van der Waals surface area contributed by atoms with Gasteiger partial charge < -0.3 is 9.42 Å². The van der Waals surface area contributed by atoms with Crippen molar-refractivity contribution >= 4 is 34.8 Å². The molecule has 0 unspecified atom stereocenters. The standard InChI is InChI=1S/C17H18Cl2N2O2/c1-11-14(12(2)23-20-11)9-21(13-7-5-4-6-8-13)15(22)16(3)10-17(16,18)19/h4-8H,9-10H2,1-3H3/t16-/m0/s1. The molecule has 1 fully saturated rings. The van der Waals surface area contributed by atoms with E-state index in [4.69, 9.17) is 27.7 Å². The lowest BCUT2D eigenvalue weighted by atomic mass is 10.1. The summed E-state index contributed by atoms with van der Waals surface area (Å²) in [6, 6.07) is 9.49. The number of hydrogen-bond acceptors (Lipinski definition) is 3. The van der Waals surface area contributed by atoms with E-state index < -0.39 is 9.75 Å². The minimum Gasteiger partial charge on any atom is -0.361 e. The molecule has 1 amide bonds. The lowest BCUT2D eigenvalue weighted by Gasteiger charge is -2.26. The topological polar surface area (TPSA) is 46.3 Å². The summed E-state index contributed by atoms with van der Waals surface area (Å²) in [5.41, 5.74) is 1.71. The number of alkyl halides is 2. The van der Waals surface area contributed by atoms with Crippen molar-refractivity contribution in [3.05, 3.63) is 47.3 Å². The van der Waals surface area contributed by atoms with Crippen LogP contribution < -0.4 is 4.90 Å². The van der Waals surface area contributed by atoms with Gasteiger partial charge in [-0.25, -0.2) is 0 Å². The Labute approximate surface area is 145 Å². The summed E-state index contributed by atoms with van der Waals surface area (Å²) in [4.78, 5) is 14.8. The highest BCUT2D eigenvalue weighted by Crippen LogP contribution is 2.64. The number of hydrogen-bond donors (Lipinski definition) is 0. The number of carbonyl (C=O) groups is 1. The third kappa shape index (κ3) is 2.74. The Morgan fingerprint density at radius 3 is 2.39 bits per heavy atom. The van der Waals surface area contributed by atoms with Gasteiger partial charge in [-0.15, -0.1) is 23.2 Å². The molecule has 0 spiro atoms. The van der Waals surface area contributed by atoms with E-state index in [2.05, 4.69) is 5.16 Å².